The summed E-state index contributed by atoms with van der Waals surface area (Å²) < 4.78 is 41.5. The Kier molecular flexibility index (Phi) is 3.40. The van der Waals surface area contributed by atoms with Crippen LogP contribution in [0.3, 0.4) is 0 Å². The number of rotatable bonds is 3. The topological polar surface area (TPSA) is 64.0 Å². The minimum absolute atomic E-state index is 0.121. The first kappa shape index (κ1) is 13.0. The highest BCUT2D eigenvalue weighted by molar-refractivity contribution is 9.10. The Morgan fingerprint density at radius 3 is 2.72 bits per heavy atom. The van der Waals surface area contributed by atoms with E-state index in [2.05, 4.69) is 25.6 Å². The van der Waals surface area contributed by atoms with E-state index in [0.29, 0.717) is 4.47 Å². The summed E-state index contributed by atoms with van der Waals surface area (Å²) in [7, 11) is -2.22. The molecule has 0 aliphatic heterocycles. The van der Waals surface area contributed by atoms with Gasteiger partial charge in [0.15, 0.2) is 5.03 Å². The van der Waals surface area contributed by atoms with Crippen LogP contribution in [0.25, 0.3) is 0 Å². The molecule has 96 valence electrons. The second-order valence-corrected chi connectivity index (χ2v) is 6.15. The van der Waals surface area contributed by atoms with Gasteiger partial charge in [0.1, 0.15) is 5.82 Å². The molecule has 0 bridgehead atoms. The molecule has 0 spiro atoms. The van der Waals surface area contributed by atoms with Crippen LogP contribution in [0, 0.1) is 5.82 Å². The second-order valence-electron chi connectivity index (χ2n) is 3.61. The first-order valence-electron chi connectivity index (χ1n) is 4.84. The SMILES string of the molecule is Cn1cnc(S(=O)(=O)Nc2ccc(Br)cc2F)c1. The van der Waals surface area contributed by atoms with Crippen molar-refractivity contribution in [2.45, 2.75) is 5.03 Å². The zero-order valence-corrected chi connectivity index (χ0v) is 11.7. The summed E-state index contributed by atoms with van der Waals surface area (Å²) in [5, 5.41) is -0.160. The smallest absolute Gasteiger partial charge is 0.281 e. The van der Waals surface area contributed by atoms with Crippen molar-refractivity contribution >= 4 is 31.6 Å². The molecule has 0 atom stereocenters. The van der Waals surface area contributed by atoms with Gasteiger partial charge in [-0.25, -0.2) is 9.37 Å². The van der Waals surface area contributed by atoms with Gasteiger partial charge in [-0.15, -0.1) is 0 Å². The Morgan fingerprint density at radius 1 is 1.44 bits per heavy atom. The van der Waals surface area contributed by atoms with Gasteiger partial charge < -0.3 is 4.57 Å². The van der Waals surface area contributed by atoms with Gasteiger partial charge in [-0.3, -0.25) is 4.72 Å². The van der Waals surface area contributed by atoms with Gasteiger partial charge in [0, 0.05) is 17.7 Å². The maximum atomic E-state index is 13.5. The lowest BCUT2D eigenvalue weighted by Crippen LogP contribution is -2.14. The molecule has 1 heterocycles. The average Bonchev–Trinajstić information content (AvgIpc) is 2.70. The van der Waals surface area contributed by atoms with E-state index in [1.807, 2.05) is 0 Å². The quantitative estimate of drug-likeness (QED) is 0.935. The standard InChI is InChI=1S/C10H9BrFN3O2S/c1-15-5-10(13-6-15)18(16,17)14-9-3-2-7(11)4-8(9)12/h2-6,14H,1H3. The number of anilines is 1. The zero-order valence-electron chi connectivity index (χ0n) is 9.26. The number of halogens is 2. The van der Waals surface area contributed by atoms with Crippen LogP contribution in [0.15, 0.2) is 40.2 Å². The van der Waals surface area contributed by atoms with E-state index in [0.717, 1.165) is 0 Å². The first-order chi connectivity index (χ1) is 8.38. The van der Waals surface area contributed by atoms with Gasteiger partial charge in [0.05, 0.1) is 12.0 Å². The molecule has 8 heteroatoms. The highest BCUT2D eigenvalue weighted by atomic mass is 79.9. The summed E-state index contributed by atoms with van der Waals surface area (Å²) >= 11 is 3.09. The van der Waals surface area contributed by atoms with E-state index in [4.69, 9.17) is 0 Å². The van der Waals surface area contributed by atoms with Gasteiger partial charge in [-0.2, -0.15) is 8.42 Å². The molecule has 0 amide bonds. The number of nitrogens with zero attached hydrogens (tertiary/aromatic N) is 2. The molecule has 18 heavy (non-hydrogen) atoms. The third-order valence-electron chi connectivity index (χ3n) is 2.13. The number of benzene rings is 1. The van der Waals surface area contributed by atoms with Gasteiger partial charge in [-0.1, -0.05) is 15.9 Å². The van der Waals surface area contributed by atoms with Gasteiger partial charge in [0.25, 0.3) is 10.0 Å². The van der Waals surface area contributed by atoms with Crippen molar-refractivity contribution in [3.63, 3.8) is 0 Å². The molecule has 2 rings (SSSR count). The summed E-state index contributed by atoms with van der Waals surface area (Å²) in [5.41, 5.74) is -0.121. The second kappa shape index (κ2) is 4.69. The molecule has 5 nitrogen and oxygen atoms in total. The number of nitrogens with one attached hydrogen (secondary N) is 1. The van der Waals surface area contributed by atoms with Crippen LogP contribution in [0.5, 0.6) is 0 Å². The van der Waals surface area contributed by atoms with Crippen molar-refractivity contribution in [3.05, 3.63) is 41.0 Å². The van der Waals surface area contributed by atoms with Crippen molar-refractivity contribution in [2.24, 2.45) is 7.05 Å². The Morgan fingerprint density at radius 2 is 2.17 bits per heavy atom. The molecular formula is C10H9BrFN3O2S. The summed E-state index contributed by atoms with van der Waals surface area (Å²) in [6.45, 7) is 0. The maximum absolute atomic E-state index is 13.5. The molecule has 0 radical (unpaired) electrons. The van der Waals surface area contributed by atoms with E-state index in [1.165, 1.54) is 29.2 Å². The highest BCUT2D eigenvalue weighted by Gasteiger charge is 2.18. The number of hydrogen-bond donors (Lipinski definition) is 1. The van der Waals surface area contributed by atoms with Crippen LogP contribution in [0.4, 0.5) is 10.1 Å². The molecule has 1 aromatic carbocycles. The summed E-state index contributed by atoms with van der Waals surface area (Å²) in [6.07, 6.45) is 2.69. The van der Waals surface area contributed by atoms with Crippen LogP contribution < -0.4 is 4.72 Å². The Bertz CT molecular complexity index is 684. The molecule has 1 aromatic heterocycles. The molecule has 2 aromatic rings. The van der Waals surface area contributed by atoms with Crippen molar-refractivity contribution in [2.75, 3.05) is 4.72 Å². The molecule has 0 saturated carbocycles. The van der Waals surface area contributed by atoms with Crippen LogP contribution in [0.2, 0.25) is 0 Å². The monoisotopic (exact) mass is 333 g/mol. The summed E-state index contributed by atoms with van der Waals surface area (Å²) in [6, 6.07) is 4.05. The molecule has 0 saturated heterocycles. The fourth-order valence-corrected chi connectivity index (χ4v) is 2.68. The van der Waals surface area contributed by atoms with Gasteiger partial charge in [-0.05, 0) is 18.2 Å². The Hall–Kier alpha value is -1.41. The molecular weight excluding hydrogens is 325 g/mol. The predicted molar refractivity (Wildman–Crippen MR) is 68.1 cm³/mol. The number of aryl methyl sites for hydroxylation is 1. The van der Waals surface area contributed by atoms with E-state index >= 15 is 0 Å². The van der Waals surface area contributed by atoms with Gasteiger partial charge in [0.2, 0.25) is 0 Å². The van der Waals surface area contributed by atoms with Crippen molar-refractivity contribution in [1.29, 1.82) is 0 Å². The molecule has 1 N–H and O–H groups in total. The fraction of sp³-hybridized carbons (Fsp3) is 0.100. The predicted octanol–water partition coefficient (Wildman–Crippen LogP) is 2.12. The lowest BCUT2D eigenvalue weighted by atomic mass is 10.3. The maximum Gasteiger partial charge on any atom is 0.281 e. The van der Waals surface area contributed by atoms with Crippen molar-refractivity contribution < 1.29 is 12.8 Å². The highest BCUT2D eigenvalue weighted by Crippen LogP contribution is 2.21. The van der Waals surface area contributed by atoms with E-state index < -0.39 is 15.8 Å². The fourth-order valence-electron chi connectivity index (χ4n) is 1.30. The van der Waals surface area contributed by atoms with Crippen LogP contribution in [-0.2, 0) is 17.1 Å². The number of aromatic nitrogens is 2. The van der Waals surface area contributed by atoms with E-state index in [-0.39, 0.29) is 10.7 Å². The third-order valence-corrected chi connectivity index (χ3v) is 3.88. The molecule has 0 fully saturated rings. The van der Waals surface area contributed by atoms with Crippen LogP contribution >= 0.6 is 15.9 Å². The molecule has 0 aliphatic carbocycles. The summed E-state index contributed by atoms with van der Waals surface area (Å²) in [5.74, 6) is -0.663. The normalized spacial score (nSPS) is 11.5. The van der Waals surface area contributed by atoms with E-state index in [9.17, 15) is 12.8 Å². The van der Waals surface area contributed by atoms with Gasteiger partial charge >= 0.3 is 0 Å². The zero-order chi connectivity index (χ0) is 13.3. The minimum atomic E-state index is -3.87. The lowest BCUT2D eigenvalue weighted by molar-refractivity contribution is 0.595. The number of imidazole rings is 1. The average molecular weight is 334 g/mol. The van der Waals surface area contributed by atoms with Crippen LogP contribution in [0.1, 0.15) is 0 Å². The Balaban J connectivity index is 2.33. The summed E-state index contributed by atoms with van der Waals surface area (Å²) in [4.78, 5) is 3.71. The minimum Gasteiger partial charge on any atom is -0.339 e. The Labute approximate surface area is 112 Å². The number of hydrogen-bond acceptors (Lipinski definition) is 3. The molecule has 0 aliphatic rings. The number of sulfonamides is 1. The van der Waals surface area contributed by atoms with Crippen LogP contribution in [-0.4, -0.2) is 18.0 Å². The van der Waals surface area contributed by atoms with Crippen molar-refractivity contribution in [3.8, 4) is 0 Å². The molecule has 0 unspecified atom stereocenters. The first-order valence-corrected chi connectivity index (χ1v) is 7.12. The third kappa shape index (κ3) is 2.70. The van der Waals surface area contributed by atoms with Crippen molar-refractivity contribution in [1.82, 2.24) is 9.55 Å². The van der Waals surface area contributed by atoms with E-state index in [1.54, 1.807) is 13.1 Å². The largest absolute Gasteiger partial charge is 0.339 e. The lowest BCUT2D eigenvalue weighted by Gasteiger charge is -2.06.